The number of allylic oxidation sites excluding steroid dienone is 1. The van der Waals surface area contributed by atoms with Crippen LogP contribution in [-0.2, 0) is 35.3 Å². The summed E-state index contributed by atoms with van der Waals surface area (Å²) in [5, 5.41) is 6.63. The van der Waals surface area contributed by atoms with E-state index in [0.29, 0.717) is 42.9 Å². The molecule has 4 aliphatic rings. The molecule has 4 amide bonds. The summed E-state index contributed by atoms with van der Waals surface area (Å²) < 4.78 is 73.9. The van der Waals surface area contributed by atoms with Gasteiger partial charge in [-0.3, -0.25) is 24.4 Å². The number of carbonyl (C=O) groups is 4. The van der Waals surface area contributed by atoms with Crippen LogP contribution in [0.1, 0.15) is 62.6 Å². The predicted octanol–water partition coefficient (Wildman–Crippen LogP) is 4.76. The summed E-state index contributed by atoms with van der Waals surface area (Å²) in [6, 6.07) is 2.90. The molecular weight excluding hydrogens is 700 g/mol. The number of thiazole rings is 1. The molecule has 1 aromatic heterocycles. The Morgan fingerprint density at radius 1 is 1.14 bits per heavy atom. The zero-order chi connectivity index (χ0) is 36.0. The van der Waals surface area contributed by atoms with Gasteiger partial charge in [-0.15, -0.1) is 11.3 Å². The van der Waals surface area contributed by atoms with Gasteiger partial charge in [0.05, 0.1) is 28.3 Å². The van der Waals surface area contributed by atoms with Crippen LogP contribution in [0, 0.1) is 24.7 Å². The highest BCUT2D eigenvalue weighted by Crippen LogP contribution is 2.47. The van der Waals surface area contributed by atoms with Crippen molar-refractivity contribution in [3.05, 3.63) is 47.0 Å². The Morgan fingerprint density at radius 3 is 2.56 bits per heavy atom. The SMILES string of the molecule is Cc1csc(-c2ccc(C(F)(F)F)cc2NC(=O)O[C@@H]2C[C@H]3C(=O)N[C@]4(C(=O)NS(=O)(=O)C5CC5)C[C@@H]4/C=C\CCCCN(C)C(=O)[C@@H]3C2)n1. The van der Waals surface area contributed by atoms with E-state index in [2.05, 4.69) is 20.3 Å². The molecule has 0 bridgehead atoms. The highest BCUT2D eigenvalue weighted by atomic mass is 32.2. The minimum absolute atomic E-state index is 0.0472. The van der Waals surface area contributed by atoms with E-state index in [4.69, 9.17) is 4.74 Å². The average Bonchev–Trinajstić information content (AvgIpc) is 3.93. The van der Waals surface area contributed by atoms with Crippen molar-refractivity contribution in [2.24, 2.45) is 17.8 Å². The van der Waals surface area contributed by atoms with Gasteiger partial charge in [0.25, 0.3) is 5.91 Å². The minimum atomic E-state index is -4.69. The molecule has 270 valence electrons. The Balaban J connectivity index is 1.22. The lowest BCUT2D eigenvalue weighted by Gasteiger charge is -2.26. The fourth-order valence-electron chi connectivity index (χ4n) is 6.67. The molecule has 2 aromatic rings. The summed E-state index contributed by atoms with van der Waals surface area (Å²) in [7, 11) is -2.29. The summed E-state index contributed by atoms with van der Waals surface area (Å²) >= 11 is 1.19. The first kappa shape index (κ1) is 35.8. The number of anilines is 1. The van der Waals surface area contributed by atoms with Gasteiger partial charge < -0.3 is 15.0 Å². The number of sulfonamides is 1. The molecule has 3 saturated carbocycles. The number of hydrogen-bond acceptors (Lipinski definition) is 9. The van der Waals surface area contributed by atoms with E-state index in [1.165, 1.54) is 22.3 Å². The molecule has 3 fully saturated rings. The van der Waals surface area contributed by atoms with Gasteiger partial charge in [-0.2, -0.15) is 13.2 Å². The Hall–Kier alpha value is -3.99. The summed E-state index contributed by atoms with van der Waals surface area (Å²) in [6.45, 7) is 2.15. The molecule has 6 rings (SSSR count). The number of aryl methyl sites for hydroxylation is 1. The first-order chi connectivity index (χ1) is 23.6. The maximum atomic E-state index is 13.9. The number of nitrogens with one attached hydrogen (secondary N) is 3. The summed E-state index contributed by atoms with van der Waals surface area (Å²) in [5.74, 6) is -4.28. The van der Waals surface area contributed by atoms with Crippen molar-refractivity contribution < 1.29 is 45.5 Å². The molecule has 17 heteroatoms. The van der Waals surface area contributed by atoms with E-state index in [1.54, 1.807) is 19.4 Å². The minimum Gasteiger partial charge on any atom is -0.446 e. The van der Waals surface area contributed by atoms with Crippen LogP contribution >= 0.6 is 11.3 Å². The van der Waals surface area contributed by atoms with Crippen LogP contribution in [0.3, 0.4) is 0 Å². The van der Waals surface area contributed by atoms with Crippen molar-refractivity contribution in [3.8, 4) is 10.6 Å². The zero-order valence-electron chi connectivity index (χ0n) is 27.4. The van der Waals surface area contributed by atoms with Crippen LogP contribution in [0.5, 0.6) is 0 Å². The van der Waals surface area contributed by atoms with Crippen molar-refractivity contribution in [2.75, 3.05) is 18.9 Å². The number of rotatable bonds is 6. The second-order valence-corrected chi connectivity index (χ2v) is 16.3. The standard InChI is InChI=1S/C33H38F3N5O7S2/c1-18-17-49-28(37-18)23-11-8-19(33(34,35)36)13-26(23)38-31(45)48-21-14-24-25(15-21)29(43)41(2)12-6-4-3-5-7-20-16-32(20,39-27(24)42)30(44)40-50(46,47)22-9-10-22/h5,7-8,11,13,17,20-22,24-25H,3-4,6,9-10,12,14-16H2,1-2H3,(H,38,45)(H,39,42)(H,40,44)/b7-5-/t20-,21+,24+,25+,32+/m0/s1. The highest BCUT2D eigenvalue weighted by Gasteiger charge is 2.62. The molecule has 2 heterocycles. The smallest absolute Gasteiger partial charge is 0.416 e. The monoisotopic (exact) mass is 737 g/mol. The summed E-state index contributed by atoms with van der Waals surface area (Å²) in [6.07, 6.45) is -0.0509. The normalized spacial score (nSPS) is 28.1. The summed E-state index contributed by atoms with van der Waals surface area (Å²) in [5.41, 5.74) is -1.79. The molecule has 12 nitrogen and oxygen atoms in total. The van der Waals surface area contributed by atoms with Gasteiger partial charge in [0, 0.05) is 36.1 Å². The van der Waals surface area contributed by atoms with E-state index in [0.717, 1.165) is 18.6 Å². The number of benzene rings is 1. The van der Waals surface area contributed by atoms with Crippen molar-refractivity contribution in [1.29, 1.82) is 0 Å². The zero-order valence-corrected chi connectivity index (χ0v) is 29.1. The van der Waals surface area contributed by atoms with Crippen molar-refractivity contribution >= 4 is 50.9 Å². The van der Waals surface area contributed by atoms with E-state index < -0.39 is 74.3 Å². The molecule has 1 aromatic carbocycles. The van der Waals surface area contributed by atoms with Crippen LogP contribution < -0.4 is 15.4 Å². The van der Waals surface area contributed by atoms with Crippen LogP contribution in [0.25, 0.3) is 10.6 Å². The first-order valence-corrected chi connectivity index (χ1v) is 18.9. The Labute approximate surface area is 291 Å². The molecule has 0 spiro atoms. The second kappa shape index (κ2) is 13.6. The number of amides is 4. The lowest BCUT2D eigenvalue weighted by Crippen LogP contribution is -2.54. The Morgan fingerprint density at radius 2 is 1.88 bits per heavy atom. The lowest BCUT2D eigenvalue weighted by molar-refractivity contribution is -0.140. The third kappa shape index (κ3) is 7.67. The van der Waals surface area contributed by atoms with Crippen LogP contribution in [0.4, 0.5) is 23.7 Å². The Bertz CT molecular complexity index is 1830. The fraction of sp³-hybridized carbons (Fsp3) is 0.545. The molecule has 3 aliphatic carbocycles. The van der Waals surface area contributed by atoms with Crippen molar-refractivity contribution in [2.45, 2.75) is 81.4 Å². The largest absolute Gasteiger partial charge is 0.446 e. The number of carbonyl (C=O) groups excluding carboxylic acids is 4. The molecule has 0 radical (unpaired) electrons. The number of hydrogen-bond donors (Lipinski definition) is 3. The second-order valence-electron chi connectivity index (χ2n) is 13.5. The molecule has 0 unspecified atom stereocenters. The molecule has 50 heavy (non-hydrogen) atoms. The fourth-order valence-corrected chi connectivity index (χ4v) is 8.87. The third-order valence-electron chi connectivity index (χ3n) is 9.70. The van der Waals surface area contributed by atoms with Crippen LogP contribution in [0.2, 0.25) is 0 Å². The number of aromatic nitrogens is 1. The number of alkyl halides is 3. The van der Waals surface area contributed by atoms with Crippen LogP contribution in [-0.4, -0.2) is 72.6 Å². The van der Waals surface area contributed by atoms with Gasteiger partial charge in [0.15, 0.2) is 0 Å². The molecular formula is C33H38F3N5O7S2. The van der Waals surface area contributed by atoms with Gasteiger partial charge in [-0.1, -0.05) is 12.2 Å². The van der Waals surface area contributed by atoms with Crippen molar-refractivity contribution in [1.82, 2.24) is 19.9 Å². The van der Waals surface area contributed by atoms with E-state index in [1.807, 2.05) is 12.2 Å². The maximum Gasteiger partial charge on any atom is 0.416 e. The van der Waals surface area contributed by atoms with Gasteiger partial charge in [-0.05, 0) is 76.5 Å². The highest BCUT2D eigenvalue weighted by molar-refractivity contribution is 7.91. The Kier molecular flexibility index (Phi) is 9.76. The number of fused-ring (bicyclic) bond motifs is 2. The van der Waals surface area contributed by atoms with Crippen LogP contribution in [0.15, 0.2) is 35.7 Å². The topological polar surface area (TPSA) is 164 Å². The number of halogens is 3. The van der Waals surface area contributed by atoms with E-state index in [9.17, 15) is 40.8 Å². The van der Waals surface area contributed by atoms with Gasteiger partial charge in [0.2, 0.25) is 21.8 Å². The predicted molar refractivity (Wildman–Crippen MR) is 177 cm³/mol. The third-order valence-corrected chi connectivity index (χ3v) is 12.5. The number of nitrogens with zero attached hydrogens (tertiary/aromatic N) is 2. The summed E-state index contributed by atoms with van der Waals surface area (Å²) in [4.78, 5) is 60.1. The first-order valence-electron chi connectivity index (χ1n) is 16.5. The lowest BCUT2D eigenvalue weighted by atomic mass is 9.93. The van der Waals surface area contributed by atoms with Crippen molar-refractivity contribution in [3.63, 3.8) is 0 Å². The van der Waals surface area contributed by atoms with E-state index in [-0.39, 0.29) is 36.4 Å². The van der Waals surface area contributed by atoms with Gasteiger partial charge in [0.1, 0.15) is 16.7 Å². The molecule has 3 N–H and O–H groups in total. The maximum absolute atomic E-state index is 13.9. The molecule has 0 saturated heterocycles. The molecule has 1 aliphatic heterocycles. The average molecular weight is 738 g/mol. The number of ether oxygens (including phenoxy) is 1. The molecule has 5 atom stereocenters. The van der Waals surface area contributed by atoms with Gasteiger partial charge >= 0.3 is 12.3 Å². The quantitative estimate of drug-likeness (QED) is 0.358. The van der Waals surface area contributed by atoms with E-state index >= 15 is 0 Å². The van der Waals surface area contributed by atoms with Gasteiger partial charge in [-0.25, -0.2) is 18.2 Å².